The third-order valence-electron chi connectivity index (χ3n) is 5.89. The smallest absolute Gasteiger partial charge is 0.165 e. The second kappa shape index (κ2) is 9.80. The summed E-state index contributed by atoms with van der Waals surface area (Å²) in [5, 5.41) is 0. The van der Waals surface area contributed by atoms with E-state index in [1.165, 1.54) is 11.6 Å². The van der Waals surface area contributed by atoms with Crippen molar-refractivity contribution in [3.63, 3.8) is 0 Å². The molecule has 2 aromatic rings. The molecule has 3 nitrogen and oxygen atoms in total. The van der Waals surface area contributed by atoms with Crippen molar-refractivity contribution in [2.75, 3.05) is 13.2 Å². The Hall–Kier alpha value is -2.43. The maximum Gasteiger partial charge on any atom is 0.165 e. The Labute approximate surface area is 185 Å². The van der Waals surface area contributed by atoms with Gasteiger partial charge in [-0.05, 0) is 61.6 Å². The molecule has 31 heavy (non-hydrogen) atoms. The maximum absolute atomic E-state index is 14.2. The Balaban J connectivity index is 1.60. The van der Waals surface area contributed by atoms with Crippen LogP contribution in [0.3, 0.4) is 0 Å². The van der Waals surface area contributed by atoms with Crippen LogP contribution < -0.4 is 4.74 Å². The van der Waals surface area contributed by atoms with Gasteiger partial charge < -0.3 is 14.2 Å². The minimum absolute atomic E-state index is 0.0886. The maximum atomic E-state index is 14.2. The summed E-state index contributed by atoms with van der Waals surface area (Å²) in [6.07, 6.45) is 6.66. The summed E-state index contributed by atoms with van der Waals surface area (Å²) >= 11 is 0. The lowest BCUT2D eigenvalue weighted by molar-refractivity contribution is 0.0266. The van der Waals surface area contributed by atoms with E-state index in [-0.39, 0.29) is 22.7 Å². The van der Waals surface area contributed by atoms with E-state index < -0.39 is 5.82 Å². The number of para-hydroxylation sites is 1. The summed E-state index contributed by atoms with van der Waals surface area (Å²) < 4.78 is 31.8. The summed E-state index contributed by atoms with van der Waals surface area (Å²) in [5.74, 6) is 0.672. The van der Waals surface area contributed by atoms with Crippen molar-refractivity contribution in [2.24, 2.45) is 11.3 Å². The summed E-state index contributed by atoms with van der Waals surface area (Å²) in [5.41, 5.74) is 1.68. The standard InChI is InChI=1S/C27H33FO3/c1-6-30-27(5)15-14-22(16-20(27)2)26(3,4)19-29-18-21-12-13-24(28)25(17-21)31-23-10-8-7-9-11-23/h7-17,22H,6,18-19H2,1-5H3. The molecule has 0 saturated carbocycles. The van der Waals surface area contributed by atoms with E-state index in [0.717, 1.165) is 5.56 Å². The van der Waals surface area contributed by atoms with Crippen LogP contribution in [0.15, 0.2) is 72.3 Å². The van der Waals surface area contributed by atoms with Gasteiger partial charge in [-0.2, -0.15) is 0 Å². The Morgan fingerprint density at radius 1 is 1.10 bits per heavy atom. The highest BCUT2D eigenvalue weighted by Gasteiger charge is 2.34. The van der Waals surface area contributed by atoms with Gasteiger partial charge in [0, 0.05) is 12.5 Å². The first-order valence-electron chi connectivity index (χ1n) is 10.8. The molecule has 1 aliphatic carbocycles. The first kappa shape index (κ1) is 23.2. The van der Waals surface area contributed by atoms with Gasteiger partial charge in [0.25, 0.3) is 0 Å². The molecule has 166 valence electrons. The second-order valence-electron chi connectivity index (χ2n) is 8.94. The molecule has 2 atom stereocenters. The van der Waals surface area contributed by atoms with Crippen LogP contribution in [-0.2, 0) is 16.1 Å². The number of hydrogen-bond acceptors (Lipinski definition) is 3. The monoisotopic (exact) mass is 424 g/mol. The molecule has 3 rings (SSSR count). The van der Waals surface area contributed by atoms with Crippen LogP contribution in [0.2, 0.25) is 0 Å². The van der Waals surface area contributed by atoms with Gasteiger partial charge in [0.05, 0.1) is 13.2 Å². The lowest BCUT2D eigenvalue weighted by Crippen LogP contribution is -2.35. The molecule has 0 heterocycles. The van der Waals surface area contributed by atoms with Crippen LogP contribution in [0.5, 0.6) is 11.5 Å². The van der Waals surface area contributed by atoms with E-state index in [4.69, 9.17) is 14.2 Å². The topological polar surface area (TPSA) is 27.7 Å². The fourth-order valence-electron chi connectivity index (χ4n) is 3.72. The second-order valence-corrected chi connectivity index (χ2v) is 8.94. The minimum Gasteiger partial charge on any atom is -0.454 e. The predicted molar refractivity (Wildman–Crippen MR) is 123 cm³/mol. The Kier molecular flexibility index (Phi) is 7.34. The van der Waals surface area contributed by atoms with Crippen molar-refractivity contribution in [1.82, 2.24) is 0 Å². The van der Waals surface area contributed by atoms with Gasteiger partial charge in [0.2, 0.25) is 0 Å². The fourth-order valence-corrected chi connectivity index (χ4v) is 3.72. The number of hydrogen-bond donors (Lipinski definition) is 0. The van der Waals surface area contributed by atoms with Crippen molar-refractivity contribution in [3.8, 4) is 11.5 Å². The van der Waals surface area contributed by atoms with Crippen molar-refractivity contribution in [3.05, 3.63) is 83.7 Å². The molecule has 0 bridgehead atoms. The Bertz CT molecular complexity index is 933. The molecule has 0 spiro atoms. The van der Waals surface area contributed by atoms with Crippen LogP contribution in [0.25, 0.3) is 0 Å². The van der Waals surface area contributed by atoms with Crippen molar-refractivity contribution < 1.29 is 18.6 Å². The molecule has 0 radical (unpaired) electrons. The fraction of sp³-hybridized carbons (Fsp3) is 0.407. The van der Waals surface area contributed by atoms with Crippen molar-refractivity contribution in [1.29, 1.82) is 0 Å². The molecule has 2 unspecified atom stereocenters. The van der Waals surface area contributed by atoms with Gasteiger partial charge in [-0.25, -0.2) is 4.39 Å². The van der Waals surface area contributed by atoms with E-state index in [9.17, 15) is 4.39 Å². The number of ether oxygens (including phenoxy) is 3. The van der Waals surface area contributed by atoms with E-state index in [0.29, 0.717) is 25.6 Å². The zero-order valence-corrected chi connectivity index (χ0v) is 19.2. The number of benzene rings is 2. The number of allylic oxidation sites excluding steroid dienone is 2. The normalized spacial score (nSPS) is 21.1. The van der Waals surface area contributed by atoms with E-state index in [2.05, 4.69) is 45.9 Å². The van der Waals surface area contributed by atoms with Crippen LogP contribution >= 0.6 is 0 Å². The third-order valence-corrected chi connectivity index (χ3v) is 5.89. The highest BCUT2D eigenvalue weighted by Crippen LogP contribution is 2.38. The van der Waals surface area contributed by atoms with Crippen molar-refractivity contribution >= 4 is 0 Å². The third kappa shape index (κ3) is 5.84. The quantitative estimate of drug-likeness (QED) is 0.402. The van der Waals surface area contributed by atoms with Crippen LogP contribution in [0, 0.1) is 17.2 Å². The van der Waals surface area contributed by atoms with Crippen LogP contribution in [0.4, 0.5) is 4.39 Å². The van der Waals surface area contributed by atoms with Gasteiger partial charge in [0.1, 0.15) is 11.4 Å². The molecule has 0 aromatic heterocycles. The largest absolute Gasteiger partial charge is 0.454 e. The van der Waals surface area contributed by atoms with Gasteiger partial charge in [0.15, 0.2) is 11.6 Å². The van der Waals surface area contributed by atoms with Crippen molar-refractivity contribution in [2.45, 2.75) is 46.8 Å². The first-order valence-corrected chi connectivity index (χ1v) is 10.8. The molecule has 0 amide bonds. The number of rotatable bonds is 9. The van der Waals surface area contributed by atoms with E-state index >= 15 is 0 Å². The van der Waals surface area contributed by atoms with Gasteiger partial charge in [-0.15, -0.1) is 0 Å². The molecule has 2 aromatic carbocycles. The Morgan fingerprint density at radius 2 is 1.84 bits per heavy atom. The Morgan fingerprint density at radius 3 is 2.52 bits per heavy atom. The van der Waals surface area contributed by atoms with Crippen LogP contribution in [-0.4, -0.2) is 18.8 Å². The summed E-state index contributed by atoms with van der Waals surface area (Å²) in [7, 11) is 0. The molecule has 4 heteroatoms. The molecular formula is C27H33FO3. The molecule has 0 fully saturated rings. The summed E-state index contributed by atoms with van der Waals surface area (Å²) in [6, 6.07) is 14.1. The SMILES string of the molecule is CCOC1(C)C=CC(C(C)(C)COCc2ccc(F)c(Oc3ccccc3)c2)C=C1C. The predicted octanol–water partition coefficient (Wildman–Crippen LogP) is 7.09. The zero-order valence-electron chi connectivity index (χ0n) is 19.2. The molecular weight excluding hydrogens is 391 g/mol. The van der Waals surface area contributed by atoms with Gasteiger partial charge >= 0.3 is 0 Å². The van der Waals surface area contributed by atoms with E-state index in [1.807, 2.05) is 25.1 Å². The minimum atomic E-state index is -0.391. The molecule has 0 aliphatic heterocycles. The molecule has 1 aliphatic rings. The summed E-state index contributed by atoms with van der Waals surface area (Å²) in [6.45, 7) is 12.3. The number of halogens is 1. The highest BCUT2D eigenvalue weighted by atomic mass is 19.1. The lowest BCUT2D eigenvalue weighted by Gasteiger charge is -2.37. The first-order chi connectivity index (χ1) is 14.7. The average molecular weight is 425 g/mol. The molecule has 0 N–H and O–H groups in total. The highest BCUT2D eigenvalue weighted by molar-refractivity contribution is 5.35. The van der Waals surface area contributed by atoms with E-state index in [1.54, 1.807) is 24.3 Å². The zero-order chi connectivity index (χ0) is 22.5. The summed E-state index contributed by atoms with van der Waals surface area (Å²) in [4.78, 5) is 0. The molecule has 0 saturated heterocycles. The van der Waals surface area contributed by atoms with Gasteiger partial charge in [-0.1, -0.05) is 56.3 Å². The lowest BCUT2D eigenvalue weighted by atomic mass is 9.74. The van der Waals surface area contributed by atoms with Crippen LogP contribution in [0.1, 0.15) is 40.2 Å². The van der Waals surface area contributed by atoms with Gasteiger partial charge in [-0.3, -0.25) is 0 Å². The average Bonchev–Trinajstić information content (AvgIpc) is 2.73.